The first kappa shape index (κ1) is 11.1. The summed E-state index contributed by atoms with van der Waals surface area (Å²) in [4.78, 5) is 17.0. The Morgan fingerprint density at radius 1 is 1.38 bits per heavy atom. The van der Waals surface area contributed by atoms with Crippen molar-refractivity contribution in [1.29, 1.82) is 0 Å². The number of pyridine rings is 1. The molecule has 0 aromatic carbocycles. The third-order valence-corrected chi connectivity index (χ3v) is 3.38. The lowest BCUT2D eigenvalue weighted by atomic mass is 10.2. The molecule has 0 unspecified atom stereocenters. The molecule has 0 amide bonds. The highest BCUT2D eigenvalue weighted by Gasteiger charge is 2.11. The van der Waals surface area contributed by atoms with Crippen LogP contribution in [0, 0.1) is 6.92 Å². The van der Waals surface area contributed by atoms with Crippen LogP contribution < -0.4 is 0 Å². The topological polar surface area (TPSA) is 50.2 Å². The van der Waals surface area contributed by atoms with Crippen LogP contribution >= 0.6 is 22.9 Å². The SMILES string of the molecule is Cc1ccc(-c2ccc(C(=O)O)c(Cl)n2)s1. The van der Waals surface area contributed by atoms with E-state index in [1.165, 1.54) is 10.9 Å². The van der Waals surface area contributed by atoms with Crippen molar-refractivity contribution in [3.63, 3.8) is 0 Å². The number of thiophene rings is 1. The van der Waals surface area contributed by atoms with E-state index in [1.807, 2.05) is 19.1 Å². The third-order valence-electron chi connectivity index (χ3n) is 2.07. The summed E-state index contributed by atoms with van der Waals surface area (Å²) >= 11 is 7.39. The molecule has 0 bridgehead atoms. The number of halogens is 1. The number of nitrogens with zero attached hydrogens (tertiary/aromatic N) is 1. The van der Waals surface area contributed by atoms with Gasteiger partial charge in [-0.15, -0.1) is 11.3 Å². The van der Waals surface area contributed by atoms with E-state index in [2.05, 4.69) is 4.98 Å². The van der Waals surface area contributed by atoms with Crippen molar-refractivity contribution >= 4 is 28.9 Å². The third kappa shape index (κ3) is 2.08. The number of carbonyl (C=O) groups is 1. The normalized spacial score (nSPS) is 10.4. The lowest BCUT2D eigenvalue weighted by Crippen LogP contribution is -1.99. The van der Waals surface area contributed by atoms with E-state index in [1.54, 1.807) is 17.4 Å². The molecule has 82 valence electrons. The van der Waals surface area contributed by atoms with Gasteiger partial charge in [0, 0.05) is 4.88 Å². The molecular weight excluding hydrogens is 246 g/mol. The molecule has 2 aromatic rings. The molecule has 2 aromatic heterocycles. The smallest absolute Gasteiger partial charge is 0.338 e. The van der Waals surface area contributed by atoms with Gasteiger partial charge in [0.2, 0.25) is 0 Å². The van der Waals surface area contributed by atoms with Crippen LogP contribution in [-0.2, 0) is 0 Å². The molecule has 0 atom stereocenters. The fraction of sp³-hybridized carbons (Fsp3) is 0.0909. The molecule has 0 saturated carbocycles. The number of carboxylic acids is 1. The summed E-state index contributed by atoms with van der Waals surface area (Å²) in [6.45, 7) is 2.00. The second kappa shape index (κ2) is 4.23. The standard InChI is InChI=1S/C11H8ClNO2S/c1-6-2-5-9(16-6)8-4-3-7(11(14)15)10(12)13-8/h2-5H,1H3,(H,14,15). The molecule has 2 rings (SSSR count). The van der Waals surface area contributed by atoms with Gasteiger partial charge in [0.1, 0.15) is 5.15 Å². The van der Waals surface area contributed by atoms with E-state index in [0.717, 1.165) is 4.88 Å². The van der Waals surface area contributed by atoms with E-state index in [4.69, 9.17) is 16.7 Å². The maximum Gasteiger partial charge on any atom is 0.338 e. The Morgan fingerprint density at radius 2 is 2.12 bits per heavy atom. The molecule has 0 saturated heterocycles. The molecule has 1 N–H and O–H groups in total. The Labute approximate surface area is 101 Å². The fourth-order valence-corrected chi connectivity index (χ4v) is 2.38. The maximum atomic E-state index is 10.8. The van der Waals surface area contributed by atoms with Crippen LogP contribution in [0.2, 0.25) is 5.15 Å². The Kier molecular flexibility index (Phi) is 2.94. The summed E-state index contributed by atoms with van der Waals surface area (Å²) in [7, 11) is 0. The van der Waals surface area contributed by atoms with E-state index < -0.39 is 5.97 Å². The number of aromatic nitrogens is 1. The van der Waals surface area contributed by atoms with Gasteiger partial charge in [0.25, 0.3) is 0 Å². The maximum absolute atomic E-state index is 10.8. The van der Waals surface area contributed by atoms with Crippen molar-refractivity contribution in [3.8, 4) is 10.6 Å². The van der Waals surface area contributed by atoms with Gasteiger partial charge in [-0.2, -0.15) is 0 Å². The van der Waals surface area contributed by atoms with Crippen LogP contribution in [0.4, 0.5) is 0 Å². The second-order valence-electron chi connectivity index (χ2n) is 3.25. The lowest BCUT2D eigenvalue weighted by Gasteiger charge is -2.00. The van der Waals surface area contributed by atoms with E-state index >= 15 is 0 Å². The molecule has 0 fully saturated rings. The van der Waals surface area contributed by atoms with Gasteiger partial charge in [0.05, 0.1) is 16.1 Å². The molecule has 0 aliphatic carbocycles. The van der Waals surface area contributed by atoms with Crippen LogP contribution in [0.15, 0.2) is 24.3 Å². The first-order chi connectivity index (χ1) is 7.58. The first-order valence-corrected chi connectivity index (χ1v) is 5.74. The highest BCUT2D eigenvalue weighted by Crippen LogP contribution is 2.28. The number of aromatic carboxylic acids is 1. The van der Waals surface area contributed by atoms with E-state index in [9.17, 15) is 4.79 Å². The average molecular weight is 254 g/mol. The number of carboxylic acid groups (broad SMARTS) is 1. The summed E-state index contributed by atoms with van der Waals surface area (Å²) < 4.78 is 0. The van der Waals surface area contributed by atoms with Crippen molar-refractivity contribution in [2.45, 2.75) is 6.92 Å². The zero-order valence-electron chi connectivity index (χ0n) is 8.40. The number of hydrogen-bond donors (Lipinski definition) is 1. The number of hydrogen-bond acceptors (Lipinski definition) is 3. The van der Waals surface area contributed by atoms with E-state index in [0.29, 0.717) is 5.69 Å². The highest BCUT2D eigenvalue weighted by molar-refractivity contribution is 7.15. The van der Waals surface area contributed by atoms with Gasteiger partial charge in [-0.1, -0.05) is 11.6 Å². The molecular formula is C11H8ClNO2S. The summed E-state index contributed by atoms with van der Waals surface area (Å²) in [5.41, 5.74) is 0.729. The fourth-order valence-electron chi connectivity index (χ4n) is 1.30. The summed E-state index contributed by atoms with van der Waals surface area (Å²) in [5, 5.41) is 8.83. The van der Waals surface area contributed by atoms with Crippen molar-refractivity contribution in [2.75, 3.05) is 0 Å². The summed E-state index contributed by atoms with van der Waals surface area (Å²) in [6, 6.07) is 7.07. The van der Waals surface area contributed by atoms with Gasteiger partial charge in [0.15, 0.2) is 0 Å². The predicted molar refractivity (Wildman–Crippen MR) is 64.3 cm³/mol. The Hall–Kier alpha value is -1.39. The van der Waals surface area contributed by atoms with E-state index in [-0.39, 0.29) is 10.7 Å². The van der Waals surface area contributed by atoms with Crippen LogP contribution in [0.1, 0.15) is 15.2 Å². The molecule has 2 heterocycles. The zero-order valence-corrected chi connectivity index (χ0v) is 9.97. The largest absolute Gasteiger partial charge is 0.478 e. The number of rotatable bonds is 2. The van der Waals surface area contributed by atoms with Gasteiger partial charge in [-0.3, -0.25) is 0 Å². The van der Waals surface area contributed by atoms with Gasteiger partial charge in [-0.05, 0) is 31.2 Å². The van der Waals surface area contributed by atoms with Crippen LogP contribution in [0.5, 0.6) is 0 Å². The minimum Gasteiger partial charge on any atom is -0.478 e. The highest BCUT2D eigenvalue weighted by atomic mass is 35.5. The molecule has 0 radical (unpaired) electrons. The van der Waals surface area contributed by atoms with Crippen LogP contribution in [0.3, 0.4) is 0 Å². The van der Waals surface area contributed by atoms with Gasteiger partial charge < -0.3 is 5.11 Å². The Bertz CT molecular complexity index is 551. The van der Waals surface area contributed by atoms with Crippen molar-refractivity contribution < 1.29 is 9.90 Å². The molecule has 3 nitrogen and oxygen atoms in total. The first-order valence-electron chi connectivity index (χ1n) is 4.54. The minimum atomic E-state index is -1.06. The Balaban J connectivity index is 2.45. The van der Waals surface area contributed by atoms with Crippen LogP contribution in [0.25, 0.3) is 10.6 Å². The number of aryl methyl sites for hydroxylation is 1. The predicted octanol–water partition coefficient (Wildman–Crippen LogP) is 3.47. The van der Waals surface area contributed by atoms with Crippen LogP contribution in [-0.4, -0.2) is 16.1 Å². The Morgan fingerprint density at radius 3 is 2.62 bits per heavy atom. The van der Waals surface area contributed by atoms with Gasteiger partial charge in [-0.25, -0.2) is 9.78 Å². The average Bonchev–Trinajstić information content (AvgIpc) is 2.64. The monoisotopic (exact) mass is 253 g/mol. The van der Waals surface area contributed by atoms with Crippen molar-refractivity contribution in [1.82, 2.24) is 4.98 Å². The molecule has 0 aliphatic rings. The zero-order chi connectivity index (χ0) is 11.7. The van der Waals surface area contributed by atoms with Gasteiger partial charge >= 0.3 is 5.97 Å². The minimum absolute atomic E-state index is 0.0241. The summed E-state index contributed by atoms with van der Waals surface area (Å²) in [5.74, 6) is -1.06. The molecule has 5 heteroatoms. The molecule has 0 spiro atoms. The van der Waals surface area contributed by atoms with Crippen molar-refractivity contribution in [2.24, 2.45) is 0 Å². The second-order valence-corrected chi connectivity index (χ2v) is 4.90. The quantitative estimate of drug-likeness (QED) is 0.834. The lowest BCUT2D eigenvalue weighted by molar-refractivity contribution is 0.0696. The molecule has 16 heavy (non-hydrogen) atoms. The van der Waals surface area contributed by atoms with Crippen molar-refractivity contribution in [3.05, 3.63) is 39.9 Å². The molecule has 0 aliphatic heterocycles. The summed E-state index contributed by atoms with van der Waals surface area (Å²) in [6.07, 6.45) is 0.